The highest BCUT2D eigenvalue weighted by atomic mass is 79.9. The number of ether oxygens (including phenoxy) is 1. The lowest BCUT2D eigenvalue weighted by atomic mass is 10.2. The predicted molar refractivity (Wildman–Crippen MR) is 63.6 cm³/mol. The topological polar surface area (TPSA) is 43.6 Å². The first-order valence-electron chi connectivity index (χ1n) is 4.94. The number of halogens is 1. The average Bonchev–Trinajstić information content (AvgIpc) is 2.68. The number of pyridine rings is 1. The van der Waals surface area contributed by atoms with Crippen molar-refractivity contribution in [2.45, 2.75) is 13.8 Å². The van der Waals surface area contributed by atoms with Crippen molar-refractivity contribution < 1.29 is 9.53 Å². The lowest BCUT2D eigenvalue weighted by molar-refractivity contribution is 0.0528. The van der Waals surface area contributed by atoms with Crippen LogP contribution in [0.15, 0.2) is 22.9 Å². The molecule has 0 radical (unpaired) electrons. The van der Waals surface area contributed by atoms with Gasteiger partial charge in [-0.3, -0.25) is 0 Å². The van der Waals surface area contributed by atoms with Crippen LogP contribution < -0.4 is 0 Å². The van der Waals surface area contributed by atoms with E-state index in [4.69, 9.17) is 4.74 Å². The zero-order chi connectivity index (χ0) is 11.7. The van der Waals surface area contributed by atoms with Gasteiger partial charge in [-0.25, -0.2) is 9.31 Å². The summed E-state index contributed by atoms with van der Waals surface area (Å²) < 4.78 is 7.60. The lowest BCUT2D eigenvalue weighted by Crippen LogP contribution is -2.04. The second-order valence-corrected chi connectivity index (χ2v) is 4.21. The van der Waals surface area contributed by atoms with Gasteiger partial charge in [0.1, 0.15) is 5.56 Å². The van der Waals surface area contributed by atoms with Crippen LogP contribution in [0.2, 0.25) is 0 Å². The van der Waals surface area contributed by atoms with E-state index >= 15 is 0 Å². The van der Waals surface area contributed by atoms with E-state index in [0.29, 0.717) is 12.2 Å². The van der Waals surface area contributed by atoms with E-state index in [1.54, 1.807) is 17.6 Å². The van der Waals surface area contributed by atoms with Crippen molar-refractivity contribution in [2.24, 2.45) is 0 Å². The Bertz CT molecular complexity index is 548. The Kier molecular flexibility index (Phi) is 2.96. The van der Waals surface area contributed by atoms with E-state index in [1.807, 2.05) is 13.0 Å². The Morgan fingerprint density at radius 1 is 1.62 bits per heavy atom. The van der Waals surface area contributed by atoms with Crippen molar-refractivity contribution in [2.75, 3.05) is 6.61 Å². The Labute approximate surface area is 101 Å². The summed E-state index contributed by atoms with van der Waals surface area (Å²) in [6.45, 7) is 4.08. The number of aryl methyl sites for hydroxylation is 1. The Hall–Kier alpha value is -1.36. The highest BCUT2D eigenvalue weighted by Gasteiger charge is 2.16. The van der Waals surface area contributed by atoms with Gasteiger partial charge < -0.3 is 4.74 Å². The summed E-state index contributed by atoms with van der Waals surface area (Å²) in [5, 5.41) is 4.12. The molecule has 2 rings (SSSR count). The highest BCUT2D eigenvalue weighted by molar-refractivity contribution is 9.10. The zero-order valence-corrected chi connectivity index (χ0v) is 10.6. The number of aromatic nitrogens is 2. The maximum absolute atomic E-state index is 11.7. The number of fused-ring (bicyclic) bond motifs is 1. The van der Waals surface area contributed by atoms with Gasteiger partial charge in [0.25, 0.3) is 0 Å². The van der Waals surface area contributed by atoms with Crippen molar-refractivity contribution in [3.63, 3.8) is 0 Å². The van der Waals surface area contributed by atoms with E-state index < -0.39 is 0 Å². The van der Waals surface area contributed by atoms with Crippen molar-refractivity contribution in [1.29, 1.82) is 0 Å². The normalized spacial score (nSPS) is 10.7. The van der Waals surface area contributed by atoms with Gasteiger partial charge in [-0.15, -0.1) is 0 Å². The first-order chi connectivity index (χ1) is 7.65. The number of nitrogens with zero attached hydrogens (tertiary/aromatic N) is 2. The number of esters is 1. The van der Waals surface area contributed by atoms with E-state index in [9.17, 15) is 4.79 Å². The smallest absolute Gasteiger partial charge is 0.341 e. The summed E-state index contributed by atoms with van der Waals surface area (Å²) in [6, 6.07) is 1.89. The summed E-state index contributed by atoms with van der Waals surface area (Å²) in [6.07, 6.45) is 3.34. The molecule has 0 saturated heterocycles. The Morgan fingerprint density at radius 3 is 3.06 bits per heavy atom. The number of hydrogen-bond acceptors (Lipinski definition) is 3. The van der Waals surface area contributed by atoms with Crippen LogP contribution in [0.4, 0.5) is 0 Å². The molecule has 0 unspecified atom stereocenters. The molecule has 16 heavy (non-hydrogen) atoms. The van der Waals surface area contributed by atoms with Crippen LogP contribution in [0, 0.1) is 6.92 Å². The summed E-state index contributed by atoms with van der Waals surface area (Å²) in [5.74, 6) is -0.335. The molecule has 0 aromatic carbocycles. The average molecular weight is 283 g/mol. The molecule has 0 spiro atoms. The summed E-state index contributed by atoms with van der Waals surface area (Å²) >= 11 is 3.43. The number of carbonyl (C=O) groups excluding carboxylic acids is 1. The van der Waals surface area contributed by atoms with Crippen LogP contribution in [-0.4, -0.2) is 22.2 Å². The van der Waals surface area contributed by atoms with Crippen molar-refractivity contribution >= 4 is 27.4 Å². The quantitative estimate of drug-likeness (QED) is 0.796. The molecule has 0 saturated carbocycles. The van der Waals surface area contributed by atoms with Crippen molar-refractivity contribution in [3.8, 4) is 0 Å². The number of rotatable bonds is 2. The zero-order valence-electron chi connectivity index (χ0n) is 9.03. The summed E-state index contributed by atoms with van der Waals surface area (Å²) in [5.41, 5.74) is 2.26. The lowest BCUT2D eigenvalue weighted by Gasteiger charge is -2.04. The maximum Gasteiger partial charge on any atom is 0.341 e. The van der Waals surface area contributed by atoms with E-state index in [-0.39, 0.29) is 5.97 Å². The van der Waals surface area contributed by atoms with E-state index in [1.165, 1.54) is 6.20 Å². The SMILES string of the molecule is CCOC(=O)c1cnn2ccc(Br)c(C)c12. The third-order valence-electron chi connectivity index (χ3n) is 2.37. The fourth-order valence-electron chi connectivity index (χ4n) is 1.58. The number of carbonyl (C=O) groups is 1. The second-order valence-electron chi connectivity index (χ2n) is 3.36. The minimum atomic E-state index is -0.335. The van der Waals surface area contributed by atoms with E-state index in [0.717, 1.165) is 15.6 Å². The molecule has 0 amide bonds. The van der Waals surface area contributed by atoms with Crippen molar-refractivity contribution in [3.05, 3.63) is 34.1 Å². The molecule has 4 nitrogen and oxygen atoms in total. The fraction of sp³-hybridized carbons (Fsp3) is 0.273. The van der Waals surface area contributed by atoms with Gasteiger partial charge in [0.15, 0.2) is 0 Å². The molecule has 2 aromatic rings. The third-order valence-corrected chi connectivity index (χ3v) is 3.23. The van der Waals surface area contributed by atoms with Gasteiger partial charge in [-0.1, -0.05) is 15.9 Å². The fourth-order valence-corrected chi connectivity index (χ4v) is 1.89. The predicted octanol–water partition coefficient (Wildman–Crippen LogP) is 2.58. The van der Waals surface area contributed by atoms with Crippen LogP contribution in [-0.2, 0) is 4.74 Å². The van der Waals surface area contributed by atoms with Crippen LogP contribution in [0.3, 0.4) is 0 Å². The molecule has 5 heteroatoms. The third kappa shape index (κ3) is 1.71. The maximum atomic E-state index is 11.7. The van der Waals surface area contributed by atoms with Gasteiger partial charge in [0.05, 0.1) is 18.3 Å². The molecule has 0 N–H and O–H groups in total. The van der Waals surface area contributed by atoms with Crippen LogP contribution in [0.25, 0.3) is 5.52 Å². The summed E-state index contributed by atoms with van der Waals surface area (Å²) in [7, 11) is 0. The number of hydrogen-bond donors (Lipinski definition) is 0. The molecule has 0 aliphatic rings. The van der Waals surface area contributed by atoms with Gasteiger partial charge in [-0.05, 0) is 25.5 Å². The first kappa shape index (κ1) is 11.1. The van der Waals surface area contributed by atoms with Crippen molar-refractivity contribution in [1.82, 2.24) is 9.61 Å². The van der Waals surface area contributed by atoms with Crippen LogP contribution in [0.5, 0.6) is 0 Å². The molecular weight excluding hydrogens is 272 g/mol. The van der Waals surface area contributed by atoms with E-state index in [2.05, 4.69) is 21.0 Å². The van der Waals surface area contributed by atoms with Gasteiger partial charge >= 0.3 is 5.97 Å². The van der Waals surface area contributed by atoms with Gasteiger partial charge in [0.2, 0.25) is 0 Å². The molecule has 84 valence electrons. The standard InChI is InChI=1S/C11H11BrN2O2/c1-3-16-11(15)8-6-13-14-5-4-9(12)7(2)10(8)14/h4-6H,3H2,1-2H3. The van der Waals surface area contributed by atoms with Crippen LogP contribution >= 0.6 is 15.9 Å². The molecule has 2 heterocycles. The molecule has 0 fully saturated rings. The largest absolute Gasteiger partial charge is 0.462 e. The van der Waals surface area contributed by atoms with Gasteiger partial charge in [-0.2, -0.15) is 5.10 Å². The second kappa shape index (κ2) is 4.25. The molecule has 0 aliphatic heterocycles. The molecule has 0 aliphatic carbocycles. The molecule has 2 aromatic heterocycles. The molecule has 0 atom stereocenters. The Morgan fingerprint density at radius 2 is 2.38 bits per heavy atom. The van der Waals surface area contributed by atoms with Crippen LogP contribution in [0.1, 0.15) is 22.8 Å². The summed E-state index contributed by atoms with van der Waals surface area (Å²) in [4.78, 5) is 11.7. The molecular formula is C11H11BrN2O2. The first-order valence-corrected chi connectivity index (χ1v) is 5.74. The molecule has 0 bridgehead atoms. The minimum Gasteiger partial charge on any atom is -0.462 e. The highest BCUT2D eigenvalue weighted by Crippen LogP contribution is 2.23. The minimum absolute atomic E-state index is 0.335. The van der Waals surface area contributed by atoms with Gasteiger partial charge in [0, 0.05) is 10.7 Å². The monoisotopic (exact) mass is 282 g/mol. The Balaban J connectivity index is 2.63.